The Balaban J connectivity index is 2.08. The van der Waals surface area contributed by atoms with Crippen LogP contribution in [0, 0.1) is 10.1 Å². The number of carbonyl (C=O) groups is 2. The number of Topliss-reactive ketones (excluding diaryl/α,β-unsaturated/α-hetero) is 1. The van der Waals surface area contributed by atoms with E-state index < -0.39 is 28.4 Å². The highest BCUT2D eigenvalue weighted by Crippen LogP contribution is 2.40. The molecular weight excluding hydrogens is 432 g/mol. The van der Waals surface area contributed by atoms with Gasteiger partial charge in [0.05, 0.1) is 43.0 Å². The van der Waals surface area contributed by atoms with Crippen LogP contribution >= 0.6 is 0 Å². The van der Waals surface area contributed by atoms with Crippen molar-refractivity contribution in [3.8, 4) is 5.75 Å². The predicted octanol–water partition coefficient (Wildman–Crippen LogP) is 2.42. The first kappa shape index (κ1) is 23.9. The monoisotopic (exact) mass is 456 g/mol. The first-order valence-corrected chi connectivity index (χ1v) is 10.3. The molecule has 0 radical (unpaired) electrons. The van der Waals surface area contributed by atoms with E-state index in [9.17, 15) is 24.8 Å². The summed E-state index contributed by atoms with van der Waals surface area (Å²) in [6.45, 7) is 2.16. The molecule has 0 aromatic heterocycles. The van der Waals surface area contributed by atoms with Crippen molar-refractivity contribution in [1.82, 2.24) is 4.90 Å². The molecule has 1 saturated heterocycles. The summed E-state index contributed by atoms with van der Waals surface area (Å²) in [5, 5.41) is 31.2. The number of carbonyl (C=O) groups excluding carboxylic acids is 2. The number of rotatable bonds is 10. The van der Waals surface area contributed by atoms with Gasteiger partial charge in [0, 0.05) is 24.2 Å². The Morgan fingerprint density at radius 3 is 2.52 bits per heavy atom. The molecule has 0 bridgehead atoms. The Morgan fingerprint density at radius 2 is 1.88 bits per heavy atom. The van der Waals surface area contributed by atoms with Gasteiger partial charge in [0.25, 0.3) is 17.4 Å². The summed E-state index contributed by atoms with van der Waals surface area (Å²) >= 11 is 0. The summed E-state index contributed by atoms with van der Waals surface area (Å²) in [6.07, 6.45) is 0. The fourth-order valence-corrected chi connectivity index (χ4v) is 3.63. The molecule has 1 heterocycles. The van der Waals surface area contributed by atoms with Crippen molar-refractivity contribution in [2.45, 2.75) is 13.0 Å². The standard InChI is InChI=1S/C23H24N2O8/c1-2-33-18-8-6-15(7-9-18)21(27)19-20(16-4-3-5-17(14-16)25(30)31)24(23(29)22(19)28)10-12-32-13-11-26/h3-9,14,20,26-27H,2,10-13H2,1H3. The first-order valence-electron chi connectivity index (χ1n) is 10.3. The number of likely N-dealkylation sites (tertiary alicyclic amines) is 1. The number of aliphatic hydroxyl groups is 2. The fraction of sp³-hybridized carbons (Fsp3) is 0.304. The van der Waals surface area contributed by atoms with E-state index in [0.717, 1.165) is 0 Å². The highest BCUT2D eigenvalue weighted by Gasteiger charge is 2.46. The van der Waals surface area contributed by atoms with E-state index in [4.69, 9.17) is 14.6 Å². The van der Waals surface area contributed by atoms with Crippen molar-refractivity contribution in [1.29, 1.82) is 0 Å². The molecule has 174 valence electrons. The molecular formula is C23H24N2O8. The van der Waals surface area contributed by atoms with Crippen LogP contribution in [0.15, 0.2) is 54.1 Å². The summed E-state index contributed by atoms with van der Waals surface area (Å²) in [4.78, 5) is 37.7. The highest BCUT2D eigenvalue weighted by molar-refractivity contribution is 6.46. The molecule has 2 N–H and O–H groups in total. The van der Waals surface area contributed by atoms with Gasteiger partial charge in [0.1, 0.15) is 11.5 Å². The van der Waals surface area contributed by atoms with Crippen molar-refractivity contribution in [2.24, 2.45) is 0 Å². The molecule has 1 unspecified atom stereocenters. The molecule has 0 aliphatic carbocycles. The normalized spacial score (nSPS) is 17.4. The molecule has 0 saturated carbocycles. The highest BCUT2D eigenvalue weighted by atomic mass is 16.6. The van der Waals surface area contributed by atoms with Crippen LogP contribution in [0.1, 0.15) is 24.1 Å². The molecule has 2 aromatic carbocycles. The van der Waals surface area contributed by atoms with Gasteiger partial charge in [-0.1, -0.05) is 12.1 Å². The number of amides is 1. The van der Waals surface area contributed by atoms with Gasteiger partial charge < -0.3 is 24.6 Å². The second kappa shape index (κ2) is 10.7. The lowest BCUT2D eigenvalue weighted by molar-refractivity contribution is -0.384. The summed E-state index contributed by atoms with van der Waals surface area (Å²) in [5.41, 5.74) is 0.212. The van der Waals surface area contributed by atoms with Crippen LogP contribution in [-0.4, -0.2) is 64.7 Å². The third-order valence-electron chi connectivity index (χ3n) is 5.09. The van der Waals surface area contributed by atoms with Crippen LogP contribution in [0.4, 0.5) is 5.69 Å². The second-order valence-electron chi connectivity index (χ2n) is 7.14. The maximum absolute atomic E-state index is 12.9. The zero-order valence-corrected chi connectivity index (χ0v) is 18.0. The van der Waals surface area contributed by atoms with Gasteiger partial charge in [-0.2, -0.15) is 0 Å². The number of ether oxygens (including phenoxy) is 2. The van der Waals surface area contributed by atoms with Gasteiger partial charge in [0.2, 0.25) is 0 Å². The van der Waals surface area contributed by atoms with Gasteiger partial charge in [-0.25, -0.2) is 0 Å². The van der Waals surface area contributed by atoms with Crippen LogP contribution in [-0.2, 0) is 14.3 Å². The van der Waals surface area contributed by atoms with Crippen LogP contribution in [0.25, 0.3) is 5.76 Å². The van der Waals surface area contributed by atoms with E-state index in [1.807, 2.05) is 6.92 Å². The van der Waals surface area contributed by atoms with E-state index in [2.05, 4.69) is 0 Å². The minimum absolute atomic E-state index is 0.0159. The van der Waals surface area contributed by atoms with Gasteiger partial charge in [-0.3, -0.25) is 19.7 Å². The van der Waals surface area contributed by atoms with Crippen molar-refractivity contribution in [3.63, 3.8) is 0 Å². The van der Waals surface area contributed by atoms with Gasteiger partial charge in [0.15, 0.2) is 0 Å². The van der Waals surface area contributed by atoms with Crippen molar-refractivity contribution < 1.29 is 34.2 Å². The SMILES string of the molecule is CCOc1ccc(C(O)=C2C(=O)C(=O)N(CCOCCO)C2c2cccc([N+](=O)[O-])c2)cc1. The van der Waals surface area contributed by atoms with Gasteiger partial charge in [-0.05, 0) is 36.8 Å². The Hall–Kier alpha value is -3.76. The number of nitrogens with zero attached hydrogens (tertiary/aromatic N) is 2. The third-order valence-corrected chi connectivity index (χ3v) is 5.09. The Labute approximate surface area is 189 Å². The lowest BCUT2D eigenvalue weighted by atomic mass is 9.95. The Kier molecular flexibility index (Phi) is 7.75. The molecule has 2 aromatic rings. The van der Waals surface area contributed by atoms with E-state index in [1.54, 1.807) is 30.3 Å². The number of non-ortho nitro benzene ring substituents is 1. The summed E-state index contributed by atoms with van der Waals surface area (Å²) in [5.74, 6) is -1.58. The second-order valence-corrected chi connectivity index (χ2v) is 7.14. The van der Waals surface area contributed by atoms with E-state index >= 15 is 0 Å². The molecule has 1 amide bonds. The summed E-state index contributed by atoms with van der Waals surface area (Å²) in [7, 11) is 0. The molecule has 1 fully saturated rings. The summed E-state index contributed by atoms with van der Waals surface area (Å²) in [6, 6.07) is 10.9. The number of benzene rings is 2. The van der Waals surface area contributed by atoms with Gasteiger partial charge >= 0.3 is 0 Å². The summed E-state index contributed by atoms with van der Waals surface area (Å²) < 4.78 is 10.6. The van der Waals surface area contributed by atoms with Crippen LogP contribution in [0.2, 0.25) is 0 Å². The van der Waals surface area contributed by atoms with Crippen molar-refractivity contribution in [2.75, 3.05) is 33.0 Å². The number of ketones is 1. The lowest BCUT2D eigenvalue weighted by Crippen LogP contribution is -2.33. The van der Waals surface area contributed by atoms with Crippen LogP contribution < -0.4 is 4.74 Å². The topological polar surface area (TPSA) is 139 Å². The maximum Gasteiger partial charge on any atom is 0.295 e. The minimum Gasteiger partial charge on any atom is -0.507 e. The fourth-order valence-electron chi connectivity index (χ4n) is 3.63. The van der Waals surface area contributed by atoms with Gasteiger partial charge in [-0.15, -0.1) is 0 Å². The molecule has 10 heteroatoms. The lowest BCUT2D eigenvalue weighted by Gasteiger charge is -2.25. The number of hydrogen-bond acceptors (Lipinski definition) is 8. The molecule has 33 heavy (non-hydrogen) atoms. The number of nitro benzene ring substituents is 1. The molecule has 10 nitrogen and oxygen atoms in total. The van der Waals surface area contributed by atoms with Crippen molar-refractivity contribution in [3.05, 3.63) is 75.3 Å². The molecule has 1 aliphatic rings. The third kappa shape index (κ3) is 5.18. The van der Waals surface area contributed by atoms with E-state index in [-0.39, 0.29) is 37.6 Å². The number of aliphatic hydroxyl groups excluding tert-OH is 2. The molecule has 3 rings (SSSR count). The quantitative estimate of drug-likeness (QED) is 0.139. The van der Waals surface area contributed by atoms with E-state index in [1.165, 1.54) is 23.1 Å². The van der Waals surface area contributed by atoms with Crippen LogP contribution in [0.5, 0.6) is 5.75 Å². The predicted molar refractivity (Wildman–Crippen MR) is 118 cm³/mol. The Bertz CT molecular complexity index is 1060. The maximum atomic E-state index is 12.9. The number of hydrogen-bond donors (Lipinski definition) is 2. The minimum atomic E-state index is -1.05. The molecule has 1 atom stereocenters. The zero-order valence-electron chi connectivity index (χ0n) is 18.0. The molecule has 1 aliphatic heterocycles. The van der Waals surface area contributed by atoms with E-state index in [0.29, 0.717) is 23.5 Å². The largest absolute Gasteiger partial charge is 0.507 e. The van der Waals surface area contributed by atoms with Crippen molar-refractivity contribution >= 4 is 23.1 Å². The number of nitro groups is 1. The van der Waals surface area contributed by atoms with Crippen LogP contribution in [0.3, 0.4) is 0 Å². The zero-order chi connectivity index (χ0) is 24.0. The molecule has 0 spiro atoms. The smallest absolute Gasteiger partial charge is 0.295 e. The first-order chi connectivity index (χ1) is 15.9. The Morgan fingerprint density at radius 1 is 1.15 bits per heavy atom. The average molecular weight is 456 g/mol. The average Bonchev–Trinajstić information content (AvgIpc) is 3.07.